The molecular formula is C15H21FN2O2. The molecule has 2 heterocycles. The van der Waals surface area contributed by atoms with Crippen LogP contribution in [0.4, 0.5) is 4.39 Å². The highest BCUT2D eigenvalue weighted by atomic mass is 19.1. The molecule has 0 spiro atoms. The highest BCUT2D eigenvalue weighted by Gasteiger charge is 2.51. The Hall–Kier alpha value is -1.13. The van der Waals surface area contributed by atoms with Crippen molar-refractivity contribution in [3.63, 3.8) is 0 Å². The third-order valence-electron chi connectivity index (χ3n) is 5.48. The number of nitrogens with zero attached hydrogens (tertiary/aromatic N) is 2. The van der Waals surface area contributed by atoms with E-state index in [0.29, 0.717) is 25.2 Å². The van der Waals surface area contributed by atoms with E-state index in [9.17, 15) is 14.0 Å². The number of carbonyl (C=O) groups excluding carboxylic acids is 2. The molecule has 4 aliphatic rings. The first kappa shape index (κ1) is 12.6. The number of fused-ring (bicyclic) bond motifs is 1. The summed E-state index contributed by atoms with van der Waals surface area (Å²) in [5.41, 5.74) is 0. The van der Waals surface area contributed by atoms with E-state index in [1.807, 2.05) is 9.80 Å². The van der Waals surface area contributed by atoms with Crippen molar-refractivity contribution in [3.8, 4) is 0 Å². The minimum Gasteiger partial charge on any atom is -0.337 e. The fraction of sp³-hybridized carbons (Fsp3) is 0.867. The van der Waals surface area contributed by atoms with Crippen LogP contribution < -0.4 is 0 Å². The molecule has 20 heavy (non-hydrogen) atoms. The second-order valence-corrected chi connectivity index (χ2v) is 6.91. The number of rotatable bonds is 3. The summed E-state index contributed by atoms with van der Waals surface area (Å²) in [5.74, 6) is 0.867. The average molecular weight is 280 g/mol. The minimum absolute atomic E-state index is 0.0624. The van der Waals surface area contributed by atoms with Gasteiger partial charge in [-0.3, -0.25) is 9.59 Å². The van der Waals surface area contributed by atoms with Crippen LogP contribution in [-0.2, 0) is 9.59 Å². The van der Waals surface area contributed by atoms with Crippen LogP contribution in [0.2, 0.25) is 0 Å². The van der Waals surface area contributed by atoms with Crippen LogP contribution in [0.1, 0.15) is 38.5 Å². The molecule has 2 atom stereocenters. The summed E-state index contributed by atoms with van der Waals surface area (Å²) in [6, 6.07) is 0.292. The van der Waals surface area contributed by atoms with Crippen LogP contribution in [0.15, 0.2) is 0 Å². The molecule has 2 saturated heterocycles. The molecule has 4 fully saturated rings. The van der Waals surface area contributed by atoms with E-state index in [1.165, 1.54) is 12.8 Å². The lowest BCUT2D eigenvalue weighted by molar-refractivity contribution is -0.141. The fourth-order valence-corrected chi connectivity index (χ4v) is 4.00. The van der Waals surface area contributed by atoms with Crippen molar-refractivity contribution in [3.05, 3.63) is 0 Å². The Balaban J connectivity index is 1.44. The van der Waals surface area contributed by atoms with Crippen molar-refractivity contribution in [2.24, 2.45) is 11.8 Å². The molecule has 0 aromatic rings. The van der Waals surface area contributed by atoms with Gasteiger partial charge in [-0.2, -0.15) is 0 Å². The smallest absolute Gasteiger partial charge is 0.226 e. The molecule has 0 unspecified atom stereocenters. The fourth-order valence-electron chi connectivity index (χ4n) is 4.00. The first-order valence-corrected chi connectivity index (χ1v) is 7.87. The van der Waals surface area contributed by atoms with Gasteiger partial charge in [0.05, 0.1) is 12.1 Å². The lowest BCUT2D eigenvalue weighted by Crippen LogP contribution is -2.46. The number of halogens is 1. The molecule has 0 radical (unpaired) electrons. The molecule has 4 nitrogen and oxygen atoms in total. The molecule has 5 heteroatoms. The van der Waals surface area contributed by atoms with Crippen molar-refractivity contribution in [1.82, 2.24) is 9.80 Å². The van der Waals surface area contributed by atoms with Crippen LogP contribution in [0, 0.1) is 11.8 Å². The topological polar surface area (TPSA) is 40.6 Å². The quantitative estimate of drug-likeness (QED) is 0.783. The van der Waals surface area contributed by atoms with E-state index in [4.69, 9.17) is 0 Å². The van der Waals surface area contributed by atoms with Gasteiger partial charge in [0.2, 0.25) is 11.8 Å². The van der Waals surface area contributed by atoms with Crippen LogP contribution >= 0.6 is 0 Å². The van der Waals surface area contributed by atoms with Gasteiger partial charge in [-0.15, -0.1) is 0 Å². The molecule has 4 rings (SSSR count). The largest absolute Gasteiger partial charge is 0.337 e. The SMILES string of the molecule is O=C1C[C@H]2[C@H](CCN2C(=O)C2CC(F)C2)N1CC1CC1. The van der Waals surface area contributed by atoms with Gasteiger partial charge in [0.15, 0.2) is 0 Å². The maximum Gasteiger partial charge on any atom is 0.226 e. The Kier molecular flexibility index (Phi) is 2.79. The van der Waals surface area contributed by atoms with Crippen molar-refractivity contribution in [2.45, 2.75) is 56.8 Å². The molecular weight excluding hydrogens is 259 g/mol. The standard InChI is InChI=1S/C15H21FN2O2/c16-11-5-10(6-11)15(20)17-4-3-12-13(17)7-14(19)18(12)8-9-1-2-9/h9-13H,1-8H2/t10?,11?,12-,13-/m0/s1. The van der Waals surface area contributed by atoms with Gasteiger partial charge < -0.3 is 9.80 Å². The molecule has 0 aromatic carbocycles. The van der Waals surface area contributed by atoms with Crippen LogP contribution in [0.5, 0.6) is 0 Å². The second-order valence-electron chi connectivity index (χ2n) is 6.91. The third kappa shape index (κ3) is 1.93. The maximum absolute atomic E-state index is 12.9. The normalized spacial score (nSPS) is 40.0. The van der Waals surface area contributed by atoms with E-state index in [2.05, 4.69) is 0 Å². The monoisotopic (exact) mass is 280 g/mol. The molecule has 2 saturated carbocycles. The molecule has 0 bridgehead atoms. The number of carbonyl (C=O) groups is 2. The number of hydrogen-bond donors (Lipinski definition) is 0. The first-order chi connectivity index (χ1) is 9.63. The van der Waals surface area contributed by atoms with Gasteiger partial charge in [-0.25, -0.2) is 4.39 Å². The summed E-state index contributed by atoms with van der Waals surface area (Å²) >= 11 is 0. The molecule has 0 N–H and O–H groups in total. The van der Waals surface area contributed by atoms with E-state index in [-0.39, 0.29) is 29.8 Å². The Morgan fingerprint density at radius 2 is 1.95 bits per heavy atom. The van der Waals surface area contributed by atoms with Gasteiger partial charge in [0.1, 0.15) is 6.17 Å². The van der Waals surface area contributed by atoms with Crippen LogP contribution in [0.3, 0.4) is 0 Å². The van der Waals surface area contributed by atoms with Crippen molar-refractivity contribution in [2.75, 3.05) is 13.1 Å². The molecule has 2 amide bonds. The van der Waals surface area contributed by atoms with Gasteiger partial charge in [-0.05, 0) is 38.0 Å². The third-order valence-corrected chi connectivity index (χ3v) is 5.48. The zero-order chi connectivity index (χ0) is 13.9. The predicted molar refractivity (Wildman–Crippen MR) is 70.6 cm³/mol. The Morgan fingerprint density at radius 3 is 2.60 bits per heavy atom. The number of hydrogen-bond acceptors (Lipinski definition) is 2. The lowest BCUT2D eigenvalue weighted by Gasteiger charge is -2.34. The summed E-state index contributed by atoms with van der Waals surface area (Å²) in [6.07, 6.45) is 3.83. The zero-order valence-electron chi connectivity index (χ0n) is 11.6. The van der Waals surface area contributed by atoms with Crippen molar-refractivity contribution < 1.29 is 14.0 Å². The zero-order valence-corrected chi connectivity index (χ0v) is 11.6. The summed E-state index contributed by atoms with van der Waals surface area (Å²) in [5, 5.41) is 0. The van der Waals surface area contributed by atoms with E-state index >= 15 is 0 Å². The molecule has 0 aromatic heterocycles. The Bertz CT molecular complexity index is 445. The summed E-state index contributed by atoms with van der Waals surface area (Å²) in [7, 11) is 0. The first-order valence-electron chi connectivity index (χ1n) is 7.87. The van der Waals surface area contributed by atoms with Gasteiger partial charge >= 0.3 is 0 Å². The van der Waals surface area contributed by atoms with E-state index < -0.39 is 6.17 Å². The summed E-state index contributed by atoms with van der Waals surface area (Å²) in [4.78, 5) is 28.4. The molecule has 2 aliphatic heterocycles. The summed E-state index contributed by atoms with van der Waals surface area (Å²) in [6.45, 7) is 1.63. The van der Waals surface area contributed by atoms with Crippen molar-refractivity contribution in [1.29, 1.82) is 0 Å². The van der Waals surface area contributed by atoms with Gasteiger partial charge in [0, 0.05) is 25.4 Å². The number of likely N-dealkylation sites (tertiary alicyclic amines) is 2. The number of amides is 2. The van der Waals surface area contributed by atoms with E-state index in [1.54, 1.807) is 0 Å². The van der Waals surface area contributed by atoms with Crippen LogP contribution in [-0.4, -0.2) is 53.0 Å². The highest BCUT2D eigenvalue weighted by Crippen LogP contribution is 2.40. The van der Waals surface area contributed by atoms with Crippen molar-refractivity contribution >= 4 is 11.8 Å². The average Bonchev–Trinajstić information content (AvgIpc) is 3.04. The second kappa shape index (κ2) is 4.43. The minimum atomic E-state index is -0.793. The Labute approximate surface area is 118 Å². The van der Waals surface area contributed by atoms with E-state index in [0.717, 1.165) is 19.5 Å². The lowest BCUT2D eigenvalue weighted by atomic mass is 9.82. The number of alkyl halides is 1. The predicted octanol–water partition coefficient (Wildman–Crippen LogP) is 1.35. The Morgan fingerprint density at radius 1 is 1.20 bits per heavy atom. The maximum atomic E-state index is 12.9. The summed E-state index contributed by atoms with van der Waals surface area (Å²) < 4.78 is 12.9. The van der Waals surface area contributed by atoms with Crippen LogP contribution in [0.25, 0.3) is 0 Å². The van der Waals surface area contributed by atoms with Gasteiger partial charge in [0.25, 0.3) is 0 Å². The molecule has 110 valence electrons. The molecule has 2 aliphatic carbocycles. The highest BCUT2D eigenvalue weighted by molar-refractivity contribution is 5.85. The van der Waals surface area contributed by atoms with Gasteiger partial charge in [-0.1, -0.05) is 0 Å².